The van der Waals surface area contributed by atoms with Crippen LogP contribution in [0, 0.1) is 0 Å². The Labute approximate surface area is 124 Å². The van der Waals surface area contributed by atoms with Gasteiger partial charge in [0.25, 0.3) is 0 Å². The molecule has 1 fully saturated rings. The molecule has 114 valence electrons. The number of nitrogens with one attached hydrogen (secondary N) is 2. The number of para-hydroxylation sites is 1. The number of hydrogen-bond donors (Lipinski definition) is 3. The van der Waals surface area contributed by atoms with Gasteiger partial charge in [-0.2, -0.15) is 0 Å². The summed E-state index contributed by atoms with van der Waals surface area (Å²) in [5.41, 5.74) is 0.699. The molecule has 2 rings (SSSR count). The molecule has 0 unspecified atom stereocenters. The lowest BCUT2D eigenvalue weighted by Crippen LogP contribution is -2.53. The van der Waals surface area contributed by atoms with Crippen molar-refractivity contribution in [1.29, 1.82) is 0 Å². The summed E-state index contributed by atoms with van der Waals surface area (Å²) in [6.45, 7) is 2.08. The number of carboxylic acid groups (broad SMARTS) is 1. The second kappa shape index (κ2) is 6.61. The van der Waals surface area contributed by atoms with Gasteiger partial charge in [-0.05, 0) is 30.9 Å². The molecular weight excluding hydrogens is 268 g/mol. The summed E-state index contributed by atoms with van der Waals surface area (Å²) in [7, 11) is 0. The second-order valence-corrected chi connectivity index (χ2v) is 5.58. The van der Waals surface area contributed by atoms with Gasteiger partial charge in [-0.25, -0.2) is 9.59 Å². The summed E-state index contributed by atoms with van der Waals surface area (Å²) in [6.07, 6.45) is 4.51. The van der Waals surface area contributed by atoms with Crippen LogP contribution in [-0.2, 0) is 11.2 Å². The van der Waals surface area contributed by atoms with E-state index in [0.717, 1.165) is 36.9 Å². The van der Waals surface area contributed by atoms with Crippen LogP contribution >= 0.6 is 0 Å². The van der Waals surface area contributed by atoms with E-state index in [-0.39, 0.29) is 0 Å². The first-order valence-corrected chi connectivity index (χ1v) is 7.48. The van der Waals surface area contributed by atoms with Gasteiger partial charge in [-0.15, -0.1) is 0 Å². The number of carbonyl (C=O) groups is 2. The molecule has 0 spiro atoms. The summed E-state index contributed by atoms with van der Waals surface area (Å²) < 4.78 is 0. The van der Waals surface area contributed by atoms with Gasteiger partial charge in [0.2, 0.25) is 0 Å². The summed E-state index contributed by atoms with van der Waals surface area (Å²) in [6, 6.07) is 7.16. The molecule has 0 saturated heterocycles. The monoisotopic (exact) mass is 290 g/mol. The topological polar surface area (TPSA) is 78.4 Å². The van der Waals surface area contributed by atoms with E-state index in [4.69, 9.17) is 0 Å². The average molecular weight is 290 g/mol. The molecular formula is C16H22N2O3. The fourth-order valence-corrected chi connectivity index (χ4v) is 2.87. The Morgan fingerprint density at radius 2 is 1.90 bits per heavy atom. The number of carboxylic acids is 1. The Balaban J connectivity index is 2.06. The molecule has 0 radical (unpaired) electrons. The predicted octanol–water partition coefficient (Wildman–Crippen LogP) is 3.16. The number of amides is 2. The van der Waals surface area contributed by atoms with Crippen molar-refractivity contribution >= 4 is 17.7 Å². The summed E-state index contributed by atoms with van der Waals surface area (Å²) >= 11 is 0. The highest BCUT2D eigenvalue weighted by atomic mass is 16.4. The van der Waals surface area contributed by atoms with Crippen molar-refractivity contribution in [3.8, 4) is 0 Å². The van der Waals surface area contributed by atoms with Crippen LogP contribution in [0.4, 0.5) is 10.5 Å². The Kier molecular flexibility index (Phi) is 4.83. The van der Waals surface area contributed by atoms with E-state index in [0.29, 0.717) is 12.8 Å². The van der Waals surface area contributed by atoms with E-state index in [9.17, 15) is 14.7 Å². The lowest BCUT2D eigenvalue weighted by molar-refractivity contribution is -0.144. The number of hydrogen-bond acceptors (Lipinski definition) is 2. The van der Waals surface area contributed by atoms with E-state index >= 15 is 0 Å². The molecule has 0 heterocycles. The Morgan fingerprint density at radius 1 is 1.24 bits per heavy atom. The van der Waals surface area contributed by atoms with Gasteiger partial charge in [0.05, 0.1) is 0 Å². The molecule has 0 aromatic heterocycles. The molecule has 2 amide bonds. The van der Waals surface area contributed by atoms with Crippen LogP contribution in [0.2, 0.25) is 0 Å². The third kappa shape index (κ3) is 3.54. The molecule has 5 nitrogen and oxygen atoms in total. The van der Waals surface area contributed by atoms with Crippen molar-refractivity contribution in [2.75, 3.05) is 5.32 Å². The fraction of sp³-hybridized carbons (Fsp3) is 0.500. The van der Waals surface area contributed by atoms with Crippen LogP contribution in [0.1, 0.15) is 44.6 Å². The maximum absolute atomic E-state index is 12.1. The van der Waals surface area contributed by atoms with Crippen LogP contribution < -0.4 is 10.6 Å². The van der Waals surface area contributed by atoms with Gasteiger partial charge in [-0.1, -0.05) is 44.4 Å². The van der Waals surface area contributed by atoms with Crippen molar-refractivity contribution in [3.05, 3.63) is 29.8 Å². The predicted molar refractivity (Wildman–Crippen MR) is 81.4 cm³/mol. The number of anilines is 1. The molecule has 1 aliphatic rings. The van der Waals surface area contributed by atoms with Gasteiger partial charge in [0.15, 0.2) is 0 Å². The lowest BCUT2D eigenvalue weighted by atomic mass is 9.98. The molecule has 5 heteroatoms. The lowest BCUT2D eigenvalue weighted by Gasteiger charge is -2.25. The van der Waals surface area contributed by atoms with Crippen molar-refractivity contribution in [3.63, 3.8) is 0 Å². The van der Waals surface area contributed by atoms with Crippen LogP contribution in [0.25, 0.3) is 0 Å². The number of rotatable bonds is 5. The quantitative estimate of drug-likeness (QED) is 0.779. The smallest absolute Gasteiger partial charge is 0.329 e. The highest BCUT2D eigenvalue weighted by molar-refractivity contribution is 5.94. The van der Waals surface area contributed by atoms with Gasteiger partial charge in [0, 0.05) is 5.69 Å². The van der Waals surface area contributed by atoms with Crippen LogP contribution in [-0.4, -0.2) is 22.6 Å². The highest BCUT2D eigenvalue weighted by Crippen LogP contribution is 2.30. The van der Waals surface area contributed by atoms with Gasteiger partial charge < -0.3 is 15.7 Å². The SMILES string of the molecule is CCCc1ccccc1NC(=O)NC1(C(=O)O)CCCC1. The van der Waals surface area contributed by atoms with Gasteiger partial charge in [-0.3, -0.25) is 0 Å². The average Bonchev–Trinajstić information content (AvgIpc) is 2.91. The molecule has 0 atom stereocenters. The zero-order chi connectivity index (χ0) is 15.3. The van der Waals surface area contributed by atoms with Crippen molar-refractivity contribution in [1.82, 2.24) is 5.32 Å². The summed E-state index contributed by atoms with van der Waals surface area (Å²) in [4.78, 5) is 23.6. The third-order valence-corrected chi connectivity index (χ3v) is 4.00. The van der Waals surface area contributed by atoms with Crippen LogP contribution in [0.3, 0.4) is 0 Å². The largest absolute Gasteiger partial charge is 0.480 e. The van der Waals surface area contributed by atoms with Crippen LogP contribution in [0.15, 0.2) is 24.3 Å². The number of aryl methyl sites for hydroxylation is 1. The third-order valence-electron chi connectivity index (χ3n) is 4.00. The molecule has 0 bridgehead atoms. The molecule has 3 N–H and O–H groups in total. The van der Waals surface area contributed by atoms with Crippen molar-refractivity contribution in [2.45, 2.75) is 51.0 Å². The highest BCUT2D eigenvalue weighted by Gasteiger charge is 2.42. The Hall–Kier alpha value is -2.04. The second-order valence-electron chi connectivity index (χ2n) is 5.58. The van der Waals surface area contributed by atoms with Gasteiger partial charge >= 0.3 is 12.0 Å². The molecule has 21 heavy (non-hydrogen) atoms. The first kappa shape index (κ1) is 15.4. The van der Waals surface area contributed by atoms with E-state index < -0.39 is 17.5 Å². The fourth-order valence-electron chi connectivity index (χ4n) is 2.87. The summed E-state index contributed by atoms with van der Waals surface area (Å²) in [5.74, 6) is -0.947. The molecule has 1 aliphatic carbocycles. The Bertz CT molecular complexity index is 522. The number of benzene rings is 1. The molecule has 1 aromatic rings. The first-order valence-electron chi connectivity index (χ1n) is 7.48. The zero-order valence-electron chi connectivity index (χ0n) is 12.3. The minimum Gasteiger partial charge on any atom is -0.480 e. The Morgan fingerprint density at radius 3 is 2.52 bits per heavy atom. The zero-order valence-corrected chi connectivity index (χ0v) is 12.3. The van der Waals surface area contributed by atoms with E-state index in [1.807, 2.05) is 24.3 Å². The number of urea groups is 1. The van der Waals surface area contributed by atoms with E-state index in [1.54, 1.807) is 0 Å². The molecule has 1 saturated carbocycles. The molecule has 0 aliphatic heterocycles. The van der Waals surface area contributed by atoms with Gasteiger partial charge in [0.1, 0.15) is 5.54 Å². The normalized spacial score (nSPS) is 16.4. The van der Waals surface area contributed by atoms with Crippen LogP contribution in [0.5, 0.6) is 0 Å². The summed E-state index contributed by atoms with van der Waals surface area (Å²) in [5, 5.41) is 14.8. The van der Waals surface area contributed by atoms with E-state index in [1.165, 1.54) is 0 Å². The molecule has 1 aromatic carbocycles. The standard InChI is InChI=1S/C16H22N2O3/c1-2-7-12-8-3-4-9-13(12)17-15(21)18-16(14(19)20)10-5-6-11-16/h3-4,8-9H,2,5-7,10-11H2,1H3,(H,19,20)(H2,17,18,21). The van der Waals surface area contributed by atoms with Crippen molar-refractivity contribution < 1.29 is 14.7 Å². The number of aliphatic carboxylic acids is 1. The first-order chi connectivity index (χ1) is 10.1. The maximum Gasteiger partial charge on any atom is 0.329 e. The maximum atomic E-state index is 12.1. The number of carbonyl (C=O) groups excluding carboxylic acids is 1. The minimum absolute atomic E-state index is 0.442. The van der Waals surface area contributed by atoms with E-state index in [2.05, 4.69) is 17.6 Å². The van der Waals surface area contributed by atoms with Crippen molar-refractivity contribution in [2.24, 2.45) is 0 Å². The minimum atomic E-state index is -1.11.